The zero-order valence-electron chi connectivity index (χ0n) is 11.9. The van der Waals surface area contributed by atoms with Crippen LogP contribution in [-0.2, 0) is 0 Å². The van der Waals surface area contributed by atoms with Gasteiger partial charge in [-0.05, 0) is 52.1 Å². The largest absolute Gasteiger partial charge is 0.315 e. The number of nitrogens with one attached hydrogen (secondary N) is 1. The molecule has 0 aromatic heterocycles. The summed E-state index contributed by atoms with van der Waals surface area (Å²) in [5.74, 6) is 0.913. The highest BCUT2D eigenvalue weighted by Crippen LogP contribution is 2.31. The fourth-order valence-corrected chi connectivity index (χ4v) is 3.90. The van der Waals surface area contributed by atoms with E-state index in [2.05, 4.69) is 31.2 Å². The second-order valence-corrected chi connectivity index (χ2v) is 6.34. The van der Waals surface area contributed by atoms with Crippen LogP contribution in [0.3, 0.4) is 0 Å². The van der Waals surface area contributed by atoms with Crippen LogP contribution in [0.25, 0.3) is 0 Å². The van der Waals surface area contributed by atoms with Gasteiger partial charge in [0.2, 0.25) is 0 Å². The van der Waals surface area contributed by atoms with Gasteiger partial charge in [0.05, 0.1) is 0 Å². The highest BCUT2D eigenvalue weighted by atomic mass is 15.2. The summed E-state index contributed by atoms with van der Waals surface area (Å²) in [4.78, 5) is 2.72. The van der Waals surface area contributed by atoms with Crippen molar-refractivity contribution in [1.82, 2.24) is 10.2 Å². The number of likely N-dealkylation sites (N-methyl/N-ethyl adjacent to an activating group) is 2. The van der Waals surface area contributed by atoms with Gasteiger partial charge >= 0.3 is 0 Å². The molecule has 17 heavy (non-hydrogen) atoms. The molecule has 2 nitrogen and oxygen atoms in total. The Bertz CT molecular complexity index is 223. The van der Waals surface area contributed by atoms with Gasteiger partial charge in [0.15, 0.2) is 0 Å². The van der Waals surface area contributed by atoms with Gasteiger partial charge in [-0.1, -0.05) is 26.2 Å². The first-order valence-electron chi connectivity index (χ1n) is 7.61. The number of nitrogens with zero attached hydrogens (tertiary/aromatic N) is 1. The lowest BCUT2D eigenvalue weighted by Crippen LogP contribution is -2.54. The minimum atomic E-state index is 0.720. The molecule has 2 aliphatic rings. The molecule has 1 N–H and O–H groups in total. The first kappa shape index (κ1) is 13.4. The smallest absolute Gasteiger partial charge is 0.0251 e. The summed E-state index contributed by atoms with van der Waals surface area (Å²) in [5, 5.41) is 3.55. The predicted octanol–water partition coefficient (Wildman–Crippen LogP) is 3.03. The molecule has 2 saturated carbocycles. The fraction of sp³-hybridized carbons (Fsp3) is 1.00. The van der Waals surface area contributed by atoms with E-state index in [1.54, 1.807) is 0 Å². The van der Waals surface area contributed by atoms with Crippen LogP contribution >= 0.6 is 0 Å². The Labute approximate surface area is 107 Å². The molecule has 2 aliphatic carbocycles. The van der Waals surface area contributed by atoms with Gasteiger partial charge in [0, 0.05) is 18.1 Å². The molecule has 0 aromatic carbocycles. The van der Waals surface area contributed by atoms with Crippen LogP contribution in [0.5, 0.6) is 0 Å². The maximum Gasteiger partial charge on any atom is 0.0251 e. The highest BCUT2D eigenvalue weighted by Gasteiger charge is 2.33. The van der Waals surface area contributed by atoms with Gasteiger partial charge in [-0.25, -0.2) is 0 Å². The Morgan fingerprint density at radius 2 is 1.71 bits per heavy atom. The van der Waals surface area contributed by atoms with E-state index in [1.807, 2.05) is 0 Å². The third-order valence-electron chi connectivity index (χ3n) is 5.12. The van der Waals surface area contributed by atoms with Crippen molar-refractivity contribution >= 4 is 0 Å². The topological polar surface area (TPSA) is 15.3 Å². The fourth-order valence-electron chi connectivity index (χ4n) is 3.90. The molecule has 0 radical (unpaired) electrons. The van der Waals surface area contributed by atoms with Crippen LogP contribution in [0.4, 0.5) is 0 Å². The molecule has 100 valence electrons. The van der Waals surface area contributed by atoms with E-state index < -0.39 is 0 Å². The Kier molecular flexibility index (Phi) is 4.87. The third-order valence-corrected chi connectivity index (χ3v) is 5.12. The normalized spacial score (nSPS) is 36.4. The summed E-state index contributed by atoms with van der Waals surface area (Å²) in [7, 11) is 4.52. The van der Waals surface area contributed by atoms with E-state index >= 15 is 0 Å². The molecule has 0 amide bonds. The zero-order valence-corrected chi connectivity index (χ0v) is 11.9. The van der Waals surface area contributed by atoms with Crippen molar-refractivity contribution in [2.45, 2.75) is 76.4 Å². The minimum absolute atomic E-state index is 0.720. The molecule has 2 heteroatoms. The highest BCUT2D eigenvalue weighted by molar-refractivity contribution is 4.91. The van der Waals surface area contributed by atoms with E-state index in [-0.39, 0.29) is 0 Å². The maximum atomic E-state index is 3.55. The quantitative estimate of drug-likeness (QED) is 0.813. The number of hydrogen-bond donors (Lipinski definition) is 1. The average molecular weight is 238 g/mol. The average Bonchev–Trinajstić information content (AvgIpc) is 2.39. The molecular formula is C15H30N2. The Morgan fingerprint density at radius 3 is 2.35 bits per heavy atom. The first-order valence-corrected chi connectivity index (χ1v) is 7.61. The molecule has 0 heterocycles. The van der Waals surface area contributed by atoms with Crippen LogP contribution in [0.15, 0.2) is 0 Å². The number of rotatable bonds is 3. The first-order chi connectivity index (χ1) is 8.22. The monoisotopic (exact) mass is 238 g/mol. The number of hydrogen-bond acceptors (Lipinski definition) is 2. The minimum Gasteiger partial charge on any atom is -0.315 e. The predicted molar refractivity (Wildman–Crippen MR) is 74.3 cm³/mol. The molecular weight excluding hydrogens is 208 g/mol. The van der Waals surface area contributed by atoms with Gasteiger partial charge < -0.3 is 5.32 Å². The van der Waals surface area contributed by atoms with Crippen molar-refractivity contribution in [1.29, 1.82) is 0 Å². The molecule has 0 spiro atoms. The molecule has 0 aliphatic heterocycles. The van der Waals surface area contributed by atoms with Crippen molar-refractivity contribution in [3.05, 3.63) is 0 Å². The molecule has 2 fully saturated rings. The lowest BCUT2D eigenvalue weighted by molar-refractivity contribution is 0.0729. The van der Waals surface area contributed by atoms with E-state index in [9.17, 15) is 0 Å². The van der Waals surface area contributed by atoms with E-state index in [4.69, 9.17) is 0 Å². The Morgan fingerprint density at radius 1 is 1.00 bits per heavy atom. The summed E-state index contributed by atoms with van der Waals surface area (Å²) in [6.07, 6.45) is 11.4. The van der Waals surface area contributed by atoms with Crippen LogP contribution < -0.4 is 5.32 Å². The summed E-state index contributed by atoms with van der Waals surface area (Å²) in [6.45, 7) is 2.42. The maximum absolute atomic E-state index is 3.55. The van der Waals surface area contributed by atoms with Gasteiger partial charge in [0.25, 0.3) is 0 Å². The van der Waals surface area contributed by atoms with E-state index in [0.29, 0.717) is 0 Å². The van der Waals surface area contributed by atoms with Crippen molar-refractivity contribution in [3.8, 4) is 0 Å². The third kappa shape index (κ3) is 3.23. The molecule has 0 bridgehead atoms. The standard InChI is InChI=1S/C15H30N2/c1-12-9-10-14(16-2)15(11-12)17(3)13-7-5-4-6-8-13/h12-16H,4-11H2,1-3H3. The van der Waals surface area contributed by atoms with Crippen molar-refractivity contribution < 1.29 is 0 Å². The van der Waals surface area contributed by atoms with Crippen LogP contribution in [0.2, 0.25) is 0 Å². The second kappa shape index (κ2) is 6.19. The van der Waals surface area contributed by atoms with Crippen molar-refractivity contribution in [2.75, 3.05) is 14.1 Å². The molecule has 2 rings (SSSR count). The van der Waals surface area contributed by atoms with Crippen LogP contribution in [0.1, 0.15) is 58.3 Å². The van der Waals surface area contributed by atoms with Crippen LogP contribution in [0, 0.1) is 5.92 Å². The Balaban J connectivity index is 1.96. The van der Waals surface area contributed by atoms with Crippen molar-refractivity contribution in [3.63, 3.8) is 0 Å². The zero-order chi connectivity index (χ0) is 12.3. The van der Waals surface area contributed by atoms with Gasteiger partial charge in [0.1, 0.15) is 0 Å². The van der Waals surface area contributed by atoms with Crippen molar-refractivity contribution in [2.24, 2.45) is 5.92 Å². The van der Waals surface area contributed by atoms with E-state index in [0.717, 1.165) is 24.0 Å². The van der Waals surface area contributed by atoms with Gasteiger partial charge in [-0.2, -0.15) is 0 Å². The summed E-state index contributed by atoms with van der Waals surface area (Å²) in [6, 6.07) is 2.35. The van der Waals surface area contributed by atoms with Gasteiger partial charge in [-0.3, -0.25) is 4.90 Å². The second-order valence-electron chi connectivity index (χ2n) is 6.34. The molecule has 3 atom stereocenters. The molecule has 0 aromatic rings. The van der Waals surface area contributed by atoms with Crippen LogP contribution in [-0.4, -0.2) is 37.1 Å². The van der Waals surface area contributed by atoms with E-state index in [1.165, 1.54) is 51.4 Å². The Hall–Kier alpha value is -0.0800. The lowest BCUT2D eigenvalue weighted by Gasteiger charge is -2.44. The summed E-state index contributed by atoms with van der Waals surface area (Å²) >= 11 is 0. The molecule has 3 unspecified atom stereocenters. The molecule has 0 saturated heterocycles. The summed E-state index contributed by atoms with van der Waals surface area (Å²) in [5.41, 5.74) is 0. The van der Waals surface area contributed by atoms with Gasteiger partial charge in [-0.15, -0.1) is 0 Å². The SMILES string of the molecule is CNC1CCC(C)CC1N(C)C1CCCCC1. The summed E-state index contributed by atoms with van der Waals surface area (Å²) < 4.78 is 0. The lowest BCUT2D eigenvalue weighted by atomic mass is 9.81.